The first kappa shape index (κ1) is 22.3. The molecule has 150 valence electrons. The van der Waals surface area contributed by atoms with Crippen LogP contribution in [-0.4, -0.2) is 23.8 Å². The maximum Gasteiger partial charge on any atom is 0.187 e. The highest BCUT2D eigenvalue weighted by Crippen LogP contribution is 2.14. The molecule has 0 bridgehead atoms. The fourth-order valence-electron chi connectivity index (χ4n) is 3.02. The van der Waals surface area contributed by atoms with E-state index in [2.05, 4.69) is 12.2 Å². The van der Waals surface area contributed by atoms with E-state index in [1.165, 1.54) is 44.3 Å². The Morgan fingerprint density at radius 1 is 0.821 bits per heavy atom. The third-order valence-electron chi connectivity index (χ3n) is 4.62. The van der Waals surface area contributed by atoms with Gasteiger partial charge in [-0.3, -0.25) is 4.79 Å². The van der Waals surface area contributed by atoms with Crippen molar-refractivity contribution >= 4 is 23.2 Å². The average Bonchev–Trinajstić information content (AvgIpc) is 2.75. The van der Waals surface area contributed by atoms with Crippen LogP contribution in [0.5, 0.6) is 0 Å². The summed E-state index contributed by atoms with van der Waals surface area (Å²) < 4.78 is 0. The van der Waals surface area contributed by atoms with Crippen LogP contribution in [0.2, 0.25) is 0 Å². The first-order valence-corrected chi connectivity index (χ1v) is 11.6. The lowest BCUT2D eigenvalue weighted by molar-refractivity contribution is 0.104. The van der Waals surface area contributed by atoms with E-state index in [0.29, 0.717) is 0 Å². The van der Waals surface area contributed by atoms with Crippen LogP contribution in [0.25, 0.3) is 5.70 Å². The SMILES string of the molecule is CCCCCCCCSCCN/C(=C\C(=O)c1ccccc1)c1ccccc1. The average molecular weight is 396 g/mol. The van der Waals surface area contributed by atoms with Crippen molar-refractivity contribution in [2.24, 2.45) is 0 Å². The molecular formula is C25H33NOS. The molecule has 0 heterocycles. The maximum atomic E-state index is 12.6. The number of carbonyl (C=O) groups excluding carboxylic acids is 1. The smallest absolute Gasteiger partial charge is 0.187 e. The lowest BCUT2D eigenvalue weighted by Gasteiger charge is -2.11. The van der Waals surface area contributed by atoms with E-state index >= 15 is 0 Å². The minimum absolute atomic E-state index is 0.0340. The zero-order chi connectivity index (χ0) is 19.9. The number of benzene rings is 2. The molecule has 3 heteroatoms. The first-order valence-electron chi connectivity index (χ1n) is 10.5. The van der Waals surface area contributed by atoms with Crippen LogP contribution in [0.1, 0.15) is 61.4 Å². The van der Waals surface area contributed by atoms with Crippen molar-refractivity contribution in [1.29, 1.82) is 0 Å². The Balaban J connectivity index is 1.80. The van der Waals surface area contributed by atoms with Crippen LogP contribution in [0.3, 0.4) is 0 Å². The van der Waals surface area contributed by atoms with Crippen molar-refractivity contribution in [1.82, 2.24) is 5.32 Å². The maximum absolute atomic E-state index is 12.6. The van der Waals surface area contributed by atoms with Crippen LogP contribution >= 0.6 is 11.8 Å². The lowest BCUT2D eigenvalue weighted by atomic mass is 10.1. The van der Waals surface area contributed by atoms with Gasteiger partial charge in [0.05, 0.1) is 0 Å². The van der Waals surface area contributed by atoms with Gasteiger partial charge >= 0.3 is 0 Å². The number of hydrogen-bond donors (Lipinski definition) is 1. The van der Waals surface area contributed by atoms with Crippen molar-refractivity contribution in [3.8, 4) is 0 Å². The van der Waals surface area contributed by atoms with Gasteiger partial charge in [-0.2, -0.15) is 11.8 Å². The normalized spacial score (nSPS) is 11.4. The fraction of sp³-hybridized carbons (Fsp3) is 0.400. The van der Waals surface area contributed by atoms with Crippen LogP contribution < -0.4 is 5.32 Å². The summed E-state index contributed by atoms with van der Waals surface area (Å²) in [5.74, 6) is 2.31. The van der Waals surface area contributed by atoms with Gasteiger partial charge in [-0.05, 0) is 17.7 Å². The Kier molecular flexibility index (Phi) is 11.2. The summed E-state index contributed by atoms with van der Waals surface area (Å²) in [5, 5.41) is 3.47. The third-order valence-corrected chi connectivity index (χ3v) is 5.69. The Bertz CT molecular complexity index is 697. The molecule has 0 radical (unpaired) electrons. The van der Waals surface area contributed by atoms with Crippen molar-refractivity contribution in [2.45, 2.75) is 45.4 Å². The van der Waals surface area contributed by atoms with E-state index < -0.39 is 0 Å². The summed E-state index contributed by atoms with van der Waals surface area (Å²) in [6, 6.07) is 19.5. The highest BCUT2D eigenvalue weighted by Gasteiger charge is 2.06. The zero-order valence-corrected chi connectivity index (χ0v) is 17.8. The number of nitrogens with one attached hydrogen (secondary N) is 1. The molecule has 28 heavy (non-hydrogen) atoms. The summed E-state index contributed by atoms with van der Waals surface area (Å²) >= 11 is 1.99. The number of thioether (sulfide) groups is 1. The van der Waals surface area contributed by atoms with Gasteiger partial charge in [0.15, 0.2) is 5.78 Å². The van der Waals surface area contributed by atoms with Gasteiger partial charge < -0.3 is 5.32 Å². The predicted octanol–water partition coefficient (Wildman–Crippen LogP) is 6.59. The Hall–Kier alpha value is -2.00. The topological polar surface area (TPSA) is 29.1 Å². The standard InChI is InChI=1S/C25H33NOS/c1-2-3-4-5-6-13-19-28-20-18-26-24(22-14-9-7-10-15-22)21-25(27)23-16-11-8-12-17-23/h7-12,14-17,21,26H,2-6,13,18-20H2,1H3/b24-21-. The van der Waals surface area contributed by atoms with Crippen molar-refractivity contribution in [3.05, 3.63) is 77.9 Å². The van der Waals surface area contributed by atoms with Crippen molar-refractivity contribution in [2.75, 3.05) is 18.1 Å². The number of carbonyl (C=O) groups is 1. The lowest BCUT2D eigenvalue weighted by Crippen LogP contribution is -2.17. The van der Waals surface area contributed by atoms with Gasteiger partial charge in [0.2, 0.25) is 0 Å². The molecule has 0 aromatic heterocycles. The Morgan fingerprint density at radius 2 is 1.43 bits per heavy atom. The largest absolute Gasteiger partial charge is 0.384 e. The van der Waals surface area contributed by atoms with Gasteiger partial charge in [0, 0.05) is 29.6 Å². The molecule has 0 saturated heterocycles. The molecule has 1 N–H and O–H groups in total. The molecule has 0 aliphatic rings. The summed E-state index contributed by atoms with van der Waals surface area (Å²) in [6.45, 7) is 3.12. The predicted molar refractivity (Wildman–Crippen MR) is 124 cm³/mol. The number of hydrogen-bond acceptors (Lipinski definition) is 3. The molecule has 0 aliphatic heterocycles. The summed E-state index contributed by atoms with van der Waals surface area (Å²) in [5.41, 5.74) is 2.66. The highest BCUT2D eigenvalue weighted by atomic mass is 32.2. The fourth-order valence-corrected chi connectivity index (χ4v) is 3.87. The minimum atomic E-state index is 0.0340. The van der Waals surface area contributed by atoms with E-state index in [9.17, 15) is 4.79 Å². The van der Waals surface area contributed by atoms with Crippen molar-refractivity contribution in [3.63, 3.8) is 0 Å². The summed E-state index contributed by atoms with van der Waals surface area (Å²) in [7, 11) is 0. The quantitative estimate of drug-likeness (QED) is 0.222. The second-order valence-electron chi connectivity index (χ2n) is 6.96. The molecule has 0 aliphatic carbocycles. The number of unbranched alkanes of at least 4 members (excludes halogenated alkanes) is 5. The van der Waals surface area contributed by atoms with E-state index in [1.54, 1.807) is 6.08 Å². The second kappa shape index (κ2) is 14.1. The Morgan fingerprint density at radius 3 is 2.11 bits per heavy atom. The first-order chi connectivity index (χ1) is 13.8. The second-order valence-corrected chi connectivity index (χ2v) is 8.19. The molecule has 0 unspecified atom stereocenters. The van der Waals surface area contributed by atoms with Gasteiger partial charge in [-0.1, -0.05) is 99.7 Å². The third kappa shape index (κ3) is 8.79. The highest BCUT2D eigenvalue weighted by molar-refractivity contribution is 7.99. The van der Waals surface area contributed by atoms with Crippen LogP contribution in [0, 0.1) is 0 Å². The van der Waals surface area contributed by atoms with E-state index in [0.717, 1.165) is 29.1 Å². The molecule has 2 nitrogen and oxygen atoms in total. The molecule has 0 spiro atoms. The van der Waals surface area contributed by atoms with Crippen LogP contribution in [-0.2, 0) is 0 Å². The molecule has 2 rings (SSSR count). The molecule has 0 amide bonds. The number of rotatable bonds is 14. The van der Waals surface area contributed by atoms with Gasteiger partial charge in [0.25, 0.3) is 0 Å². The number of ketones is 1. The summed E-state index contributed by atoms with van der Waals surface area (Å²) in [4.78, 5) is 12.6. The molecule has 0 atom stereocenters. The van der Waals surface area contributed by atoms with E-state index in [4.69, 9.17) is 0 Å². The zero-order valence-electron chi connectivity index (χ0n) is 17.0. The van der Waals surface area contributed by atoms with Crippen LogP contribution in [0.15, 0.2) is 66.7 Å². The molecule has 2 aromatic rings. The molecule has 2 aromatic carbocycles. The van der Waals surface area contributed by atoms with E-state index in [-0.39, 0.29) is 5.78 Å². The van der Waals surface area contributed by atoms with Gasteiger partial charge in [-0.15, -0.1) is 0 Å². The minimum Gasteiger partial charge on any atom is -0.384 e. The van der Waals surface area contributed by atoms with Crippen molar-refractivity contribution < 1.29 is 4.79 Å². The molecular weight excluding hydrogens is 362 g/mol. The van der Waals surface area contributed by atoms with E-state index in [1.807, 2.05) is 72.4 Å². The summed E-state index contributed by atoms with van der Waals surface area (Å²) in [6.07, 6.45) is 9.81. The van der Waals surface area contributed by atoms with Gasteiger partial charge in [0.1, 0.15) is 0 Å². The Labute approximate surface area is 174 Å². The molecule has 0 fully saturated rings. The monoisotopic (exact) mass is 395 g/mol. The van der Waals surface area contributed by atoms with Crippen LogP contribution in [0.4, 0.5) is 0 Å². The number of allylic oxidation sites excluding steroid dienone is 1. The molecule has 0 saturated carbocycles. The van der Waals surface area contributed by atoms with Gasteiger partial charge in [-0.25, -0.2) is 0 Å².